The molecule has 0 bridgehead atoms. The van der Waals surface area contributed by atoms with Crippen LogP contribution in [0.4, 0.5) is 10.5 Å². The van der Waals surface area contributed by atoms with Crippen molar-refractivity contribution >= 4 is 40.3 Å². The molecule has 1 aromatic carbocycles. The standard InChI is InChI=1S/C14H18IN3O3/c15-11-2-1-3-12(10-11)16-14(21)18-8-6-17(7-9-18)5-4-13(19)20/h1-3,10H,4-9H2,(H,16,21)(H,19,20). The van der Waals surface area contributed by atoms with E-state index in [-0.39, 0.29) is 12.5 Å². The van der Waals surface area contributed by atoms with E-state index >= 15 is 0 Å². The number of carbonyl (C=O) groups is 2. The summed E-state index contributed by atoms with van der Waals surface area (Å²) in [5.41, 5.74) is 0.792. The van der Waals surface area contributed by atoms with E-state index < -0.39 is 5.97 Å². The Balaban J connectivity index is 1.79. The summed E-state index contributed by atoms with van der Waals surface area (Å²) in [5.74, 6) is -0.783. The molecule has 21 heavy (non-hydrogen) atoms. The first kappa shape index (κ1) is 16.0. The van der Waals surface area contributed by atoms with Crippen LogP contribution in [-0.2, 0) is 4.79 Å². The van der Waals surface area contributed by atoms with Crippen molar-refractivity contribution in [2.45, 2.75) is 6.42 Å². The van der Waals surface area contributed by atoms with Gasteiger partial charge in [0, 0.05) is 42.0 Å². The Hall–Kier alpha value is -1.35. The largest absolute Gasteiger partial charge is 0.481 e. The van der Waals surface area contributed by atoms with Gasteiger partial charge in [-0.1, -0.05) is 6.07 Å². The molecule has 0 unspecified atom stereocenters. The van der Waals surface area contributed by atoms with Crippen LogP contribution in [0.2, 0.25) is 0 Å². The van der Waals surface area contributed by atoms with Crippen molar-refractivity contribution < 1.29 is 14.7 Å². The molecular weight excluding hydrogens is 385 g/mol. The zero-order valence-electron chi connectivity index (χ0n) is 11.6. The molecule has 0 radical (unpaired) electrons. The Kier molecular flexibility index (Phi) is 5.80. The lowest BCUT2D eigenvalue weighted by atomic mass is 10.3. The maximum absolute atomic E-state index is 12.2. The summed E-state index contributed by atoms with van der Waals surface area (Å²) >= 11 is 2.20. The number of anilines is 1. The van der Waals surface area contributed by atoms with Crippen LogP contribution in [0, 0.1) is 3.57 Å². The minimum Gasteiger partial charge on any atom is -0.481 e. The number of urea groups is 1. The van der Waals surface area contributed by atoms with E-state index in [1.165, 1.54) is 0 Å². The second-order valence-electron chi connectivity index (χ2n) is 4.91. The van der Waals surface area contributed by atoms with Crippen LogP contribution >= 0.6 is 22.6 Å². The number of hydrogen-bond acceptors (Lipinski definition) is 3. The van der Waals surface area contributed by atoms with Gasteiger partial charge in [0.05, 0.1) is 6.42 Å². The number of nitrogens with one attached hydrogen (secondary N) is 1. The van der Waals surface area contributed by atoms with Crippen LogP contribution in [0.1, 0.15) is 6.42 Å². The van der Waals surface area contributed by atoms with Crippen molar-refractivity contribution in [1.82, 2.24) is 9.80 Å². The van der Waals surface area contributed by atoms with Crippen molar-refractivity contribution in [3.63, 3.8) is 0 Å². The van der Waals surface area contributed by atoms with Gasteiger partial charge in [0.25, 0.3) is 0 Å². The van der Waals surface area contributed by atoms with Crippen LogP contribution in [-0.4, -0.2) is 59.6 Å². The van der Waals surface area contributed by atoms with E-state index in [9.17, 15) is 9.59 Å². The zero-order chi connectivity index (χ0) is 15.2. The van der Waals surface area contributed by atoms with Gasteiger partial charge in [-0.05, 0) is 40.8 Å². The molecule has 1 heterocycles. The van der Waals surface area contributed by atoms with Gasteiger partial charge in [0.15, 0.2) is 0 Å². The highest BCUT2D eigenvalue weighted by atomic mass is 127. The fourth-order valence-corrected chi connectivity index (χ4v) is 2.74. The molecule has 0 aliphatic carbocycles. The van der Waals surface area contributed by atoms with Gasteiger partial charge in [-0.3, -0.25) is 9.69 Å². The van der Waals surface area contributed by atoms with Crippen LogP contribution in [0.5, 0.6) is 0 Å². The number of piperazine rings is 1. The number of carboxylic acid groups (broad SMARTS) is 1. The molecular formula is C14H18IN3O3. The van der Waals surface area contributed by atoms with Crippen LogP contribution in [0.15, 0.2) is 24.3 Å². The number of halogens is 1. The number of rotatable bonds is 4. The normalized spacial score (nSPS) is 15.8. The Labute approximate surface area is 137 Å². The second kappa shape index (κ2) is 7.60. The van der Waals surface area contributed by atoms with E-state index in [2.05, 4.69) is 32.8 Å². The fraction of sp³-hybridized carbons (Fsp3) is 0.429. The number of hydrogen-bond donors (Lipinski definition) is 2. The van der Waals surface area contributed by atoms with Gasteiger partial charge < -0.3 is 15.3 Å². The predicted octanol–water partition coefficient (Wildman–Crippen LogP) is 1.92. The lowest BCUT2D eigenvalue weighted by Crippen LogP contribution is -2.50. The maximum Gasteiger partial charge on any atom is 0.321 e. The number of aliphatic carboxylic acids is 1. The molecule has 0 saturated carbocycles. The molecule has 1 fully saturated rings. The van der Waals surface area contributed by atoms with Crippen molar-refractivity contribution in [1.29, 1.82) is 0 Å². The van der Waals surface area contributed by atoms with Crippen molar-refractivity contribution in [2.75, 3.05) is 38.0 Å². The molecule has 1 aromatic rings. The third-order valence-electron chi connectivity index (χ3n) is 3.38. The predicted molar refractivity (Wildman–Crippen MR) is 88.4 cm³/mol. The Morgan fingerprint density at radius 1 is 1.24 bits per heavy atom. The van der Waals surface area contributed by atoms with Gasteiger partial charge in [0.1, 0.15) is 0 Å². The number of benzene rings is 1. The molecule has 0 spiro atoms. The summed E-state index contributed by atoms with van der Waals surface area (Å²) in [6, 6.07) is 7.55. The monoisotopic (exact) mass is 403 g/mol. The SMILES string of the molecule is O=C(O)CCN1CCN(C(=O)Nc2cccc(I)c2)CC1. The highest BCUT2D eigenvalue weighted by Crippen LogP contribution is 2.13. The molecule has 2 N–H and O–H groups in total. The van der Waals surface area contributed by atoms with Crippen molar-refractivity contribution in [3.05, 3.63) is 27.8 Å². The molecule has 1 aliphatic rings. The first-order valence-corrected chi connectivity index (χ1v) is 7.88. The lowest BCUT2D eigenvalue weighted by molar-refractivity contribution is -0.137. The average molecular weight is 403 g/mol. The molecule has 7 heteroatoms. The zero-order valence-corrected chi connectivity index (χ0v) is 13.7. The van der Waals surface area contributed by atoms with Crippen LogP contribution in [0.3, 0.4) is 0 Å². The Morgan fingerprint density at radius 2 is 1.95 bits per heavy atom. The van der Waals surface area contributed by atoms with E-state index in [1.54, 1.807) is 4.90 Å². The van der Waals surface area contributed by atoms with Gasteiger partial charge >= 0.3 is 12.0 Å². The van der Waals surface area contributed by atoms with E-state index in [0.717, 1.165) is 9.26 Å². The van der Waals surface area contributed by atoms with E-state index in [4.69, 9.17) is 5.11 Å². The molecule has 1 saturated heterocycles. The van der Waals surface area contributed by atoms with Gasteiger partial charge in [-0.2, -0.15) is 0 Å². The molecule has 2 rings (SSSR count). The highest BCUT2D eigenvalue weighted by Gasteiger charge is 2.21. The summed E-state index contributed by atoms with van der Waals surface area (Å²) in [4.78, 5) is 26.5. The average Bonchev–Trinajstić information content (AvgIpc) is 2.45. The number of carboxylic acids is 1. The third-order valence-corrected chi connectivity index (χ3v) is 4.05. The topological polar surface area (TPSA) is 72.9 Å². The highest BCUT2D eigenvalue weighted by molar-refractivity contribution is 14.1. The van der Waals surface area contributed by atoms with Crippen LogP contribution < -0.4 is 5.32 Å². The van der Waals surface area contributed by atoms with Gasteiger partial charge in [-0.15, -0.1) is 0 Å². The lowest BCUT2D eigenvalue weighted by Gasteiger charge is -2.34. The van der Waals surface area contributed by atoms with Gasteiger partial charge in [-0.25, -0.2) is 4.79 Å². The second-order valence-corrected chi connectivity index (χ2v) is 6.16. The first-order chi connectivity index (χ1) is 10.0. The summed E-state index contributed by atoms with van der Waals surface area (Å²) in [5, 5.41) is 11.6. The summed E-state index contributed by atoms with van der Waals surface area (Å²) in [7, 11) is 0. The number of nitrogens with zero attached hydrogens (tertiary/aromatic N) is 2. The molecule has 0 aromatic heterocycles. The summed E-state index contributed by atoms with van der Waals surface area (Å²) < 4.78 is 1.07. The molecule has 2 amide bonds. The Bertz CT molecular complexity index is 516. The Morgan fingerprint density at radius 3 is 2.57 bits per heavy atom. The maximum atomic E-state index is 12.2. The van der Waals surface area contributed by atoms with Gasteiger partial charge in [0.2, 0.25) is 0 Å². The van der Waals surface area contributed by atoms with Crippen LogP contribution in [0.25, 0.3) is 0 Å². The molecule has 0 atom stereocenters. The minimum absolute atomic E-state index is 0.102. The van der Waals surface area contributed by atoms with E-state index in [1.807, 2.05) is 24.3 Å². The fourth-order valence-electron chi connectivity index (χ4n) is 2.20. The number of carbonyl (C=O) groups excluding carboxylic acids is 1. The quantitative estimate of drug-likeness (QED) is 0.754. The number of amides is 2. The summed E-state index contributed by atoms with van der Waals surface area (Å²) in [6.45, 7) is 3.21. The summed E-state index contributed by atoms with van der Waals surface area (Å²) in [6.07, 6.45) is 0.147. The smallest absolute Gasteiger partial charge is 0.321 e. The molecule has 114 valence electrons. The van der Waals surface area contributed by atoms with E-state index in [0.29, 0.717) is 32.7 Å². The van der Waals surface area contributed by atoms with Crippen molar-refractivity contribution in [2.24, 2.45) is 0 Å². The van der Waals surface area contributed by atoms with Crippen molar-refractivity contribution in [3.8, 4) is 0 Å². The molecule has 1 aliphatic heterocycles. The molecule has 6 nitrogen and oxygen atoms in total. The minimum atomic E-state index is -0.783. The third kappa shape index (κ3) is 5.16. The first-order valence-electron chi connectivity index (χ1n) is 6.80.